The molecule has 0 bridgehead atoms. The number of halogens is 4. The summed E-state index contributed by atoms with van der Waals surface area (Å²) in [6.45, 7) is -0.412. The zero-order chi connectivity index (χ0) is 16.9. The van der Waals surface area contributed by atoms with Gasteiger partial charge >= 0.3 is 12.1 Å². The average molecular weight is 322 g/mol. The van der Waals surface area contributed by atoms with E-state index in [9.17, 15) is 27.2 Å². The molecule has 0 heterocycles. The van der Waals surface area contributed by atoms with Gasteiger partial charge < -0.3 is 15.8 Å². The van der Waals surface area contributed by atoms with Gasteiger partial charge in [-0.05, 0) is 17.7 Å². The average Bonchev–Trinajstić information content (AvgIpc) is 2.45. The SMILES string of the molecule is COC(=O)C[C@H](NC(=O)CN)c1ccc(F)c(C(F)(F)F)c1. The molecule has 0 fully saturated rings. The minimum absolute atomic E-state index is 0.0825. The van der Waals surface area contributed by atoms with Crippen molar-refractivity contribution >= 4 is 11.9 Å². The van der Waals surface area contributed by atoms with E-state index in [2.05, 4.69) is 10.1 Å². The first-order valence-corrected chi connectivity index (χ1v) is 6.12. The van der Waals surface area contributed by atoms with E-state index in [0.717, 1.165) is 13.2 Å². The fourth-order valence-electron chi connectivity index (χ4n) is 1.73. The molecule has 1 atom stereocenters. The minimum Gasteiger partial charge on any atom is -0.469 e. The molecule has 0 saturated heterocycles. The van der Waals surface area contributed by atoms with Gasteiger partial charge in [-0.15, -0.1) is 0 Å². The maximum absolute atomic E-state index is 13.3. The highest BCUT2D eigenvalue weighted by atomic mass is 19.4. The molecule has 3 N–H and O–H groups in total. The van der Waals surface area contributed by atoms with Crippen LogP contribution in [0, 0.1) is 5.82 Å². The highest BCUT2D eigenvalue weighted by molar-refractivity contribution is 5.79. The molecule has 0 aliphatic carbocycles. The third-order valence-corrected chi connectivity index (χ3v) is 2.82. The monoisotopic (exact) mass is 322 g/mol. The third-order valence-electron chi connectivity index (χ3n) is 2.82. The Morgan fingerprint density at radius 1 is 1.36 bits per heavy atom. The summed E-state index contributed by atoms with van der Waals surface area (Å²) in [5.74, 6) is -2.87. The van der Waals surface area contributed by atoms with Crippen LogP contribution in [-0.4, -0.2) is 25.5 Å². The molecule has 0 aliphatic rings. The molecule has 1 aromatic carbocycles. The Balaban J connectivity index is 3.18. The summed E-state index contributed by atoms with van der Waals surface area (Å²) in [4.78, 5) is 22.6. The number of nitrogens with two attached hydrogens (primary N) is 1. The number of amides is 1. The summed E-state index contributed by atoms with van der Waals surface area (Å²) < 4.78 is 55.8. The number of alkyl halides is 3. The van der Waals surface area contributed by atoms with Gasteiger partial charge in [-0.25, -0.2) is 4.39 Å². The molecule has 22 heavy (non-hydrogen) atoms. The van der Waals surface area contributed by atoms with E-state index in [-0.39, 0.29) is 5.56 Å². The van der Waals surface area contributed by atoms with Crippen LogP contribution in [0.2, 0.25) is 0 Å². The Morgan fingerprint density at radius 2 is 2.00 bits per heavy atom. The molecule has 1 rings (SSSR count). The van der Waals surface area contributed by atoms with Crippen molar-refractivity contribution in [2.24, 2.45) is 5.73 Å². The zero-order valence-electron chi connectivity index (χ0n) is 11.5. The first kappa shape index (κ1) is 17.9. The molecular weight excluding hydrogens is 308 g/mol. The molecule has 0 radical (unpaired) electrons. The van der Waals surface area contributed by atoms with Crippen LogP contribution >= 0.6 is 0 Å². The lowest BCUT2D eigenvalue weighted by Crippen LogP contribution is -2.35. The van der Waals surface area contributed by atoms with Crippen molar-refractivity contribution in [3.8, 4) is 0 Å². The molecule has 5 nitrogen and oxygen atoms in total. The van der Waals surface area contributed by atoms with Crippen LogP contribution in [0.15, 0.2) is 18.2 Å². The van der Waals surface area contributed by atoms with E-state index in [1.165, 1.54) is 0 Å². The van der Waals surface area contributed by atoms with Crippen LogP contribution in [0.25, 0.3) is 0 Å². The molecule has 9 heteroatoms. The highest BCUT2D eigenvalue weighted by Gasteiger charge is 2.35. The second-order valence-corrected chi connectivity index (χ2v) is 4.34. The lowest BCUT2D eigenvalue weighted by molar-refractivity contribution is -0.141. The molecule has 0 spiro atoms. The number of rotatable bonds is 5. The van der Waals surface area contributed by atoms with Crippen LogP contribution in [-0.2, 0) is 20.5 Å². The largest absolute Gasteiger partial charge is 0.469 e. The standard InChI is InChI=1S/C13H14F4N2O3/c1-22-12(21)5-10(19-11(20)6-18)7-2-3-9(14)8(4-7)13(15,16)17/h2-4,10H,5-6,18H2,1H3,(H,19,20)/t10-/m0/s1. The first-order chi connectivity index (χ1) is 10.2. The summed E-state index contributed by atoms with van der Waals surface area (Å²) in [7, 11) is 1.09. The van der Waals surface area contributed by atoms with E-state index >= 15 is 0 Å². The number of esters is 1. The quantitative estimate of drug-likeness (QED) is 0.636. The maximum Gasteiger partial charge on any atom is 0.419 e. The fourth-order valence-corrected chi connectivity index (χ4v) is 1.73. The number of nitrogens with one attached hydrogen (secondary N) is 1. The summed E-state index contributed by atoms with van der Waals surface area (Å²) in [5.41, 5.74) is 3.55. The Kier molecular flexibility index (Phi) is 5.86. The number of hydrogen-bond donors (Lipinski definition) is 2. The van der Waals surface area contributed by atoms with Gasteiger partial charge in [-0.1, -0.05) is 6.07 Å². The van der Waals surface area contributed by atoms with Gasteiger partial charge in [-0.2, -0.15) is 13.2 Å². The van der Waals surface area contributed by atoms with Crippen molar-refractivity contribution in [3.63, 3.8) is 0 Å². The topological polar surface area (TPSA) is 81.4 Å². The van der Waals surface area contributed by atoms with Gasteiger partial charge in [0.25, 0.3) is 0 Å². The van der Waals surface area contributed by atoms with E-state index in [1.807, 2.05) is 0 Å². The van der Waals surface area contributed by atoms with Gasteiger partial charge in [-0.3, -0.25) is 9.59 Å². The number of carbonyl (C=O) groups excluding carboxylic acids is 2. The van der Waals surface area contributed by atoms with Crippen LogP contribution < -0.4 is 11.1 Å². The minimum atomic E-state index is -4.90. The van der Waals surface area contributed by atoms with Crippen LogP contribution in [0.3, 0.4) is 0 Å². The smallest absolute Gasteiger partial charge is 0.419 e. The molecule has 1 aromatic rings. The Bertz CT molecular complexity index is 543. The van der Waals surface area contributed by atoms with E-state index in [0.29, 0.717) is 12.1 Å². The highest BCUT2D eigenvalue weighted by Crippen LogP contribution is 2.33. The number of benzene rings is 1. The number of methoxy groups -OCH3 is 1. The lowest BCUT2D eigenvalue weighted by atomic mass is 10.0. The van der Waals surface area contributed by atoms with Crippen molar-refractivity contribution in [2.75, 3.05) is 13.7 Å². The Morgan fingerprint density at radius 3 is 2.50 bits per heavy atom. The van der Waals surface area contributed by atoms with Gasteiger partial charge in [0.2, 0.25) is 5.91 Å². The van der Waals surface area contributed by atoms with Crippen LogP contribution in [0.5, 0.6) is 0 Å². The van der Waals surface area contributed by atoms with Crippen molar-refractivity contribution in [2.45, 2.75) is 18.6 Å². The van der Waals surface area contributed by atoms with E-state index < -0.39 is 48.4 Å². The summed E-state index contributed by atoms with van der Waals surface area (Å²) in [5, 5.41) is 2.29. The second-order valence-electron chi connectivity index (χ2n) is 4.34. The Labute approximate surface area is 123 Å². The van der Waals surface area contributed by atoms with Gasteiger partial charge in [0.1, 0.15) is 5.82 Å². The zero-order valence-corrected chi connectivity index (χ0v) is 11.5. The lowest BCUT2D eigenvalue weighted by Gasteiger charge is -2.19. The predicted molar refractivity (Wildman–Crippen MR) is 68.0 cm³/mol. The molecule has 122 valence electrons. The third kappa shape index (κ3) is 4.69. The first-order valence-electron chi connectivity index (χ1n) is 6.12. The fraction of sp³-hybridized carbons (Fsp3) is 0.385. The summed E-state index contributed by atoms with van der Waals surface area (Å²) in [6.07, 6.45) is -5.31. The number of carbonyl (C=O) groups is 2. The van der Waals surface area contributed by atoms with Gasteiger partial charge in [0, 0.05) is 0 Å². The van der Waals surface area contributed by atoms with Crippen molar-refractivity contribution in [1.29, 1.82) is 0 Å². The maximum atomic E-state index is 13.3. The van der Waals surface area contributed by atoms with Crippen LogP contribution in [0.4, 0.5) is 17.6 Å². The molecule has 0 aliphatic heterocycles. The predicted octanol–water partition coefficient (Wildman–Crippen LogP) is 1.52. The molecule has 1 amide bonds. The molecule has 0 saturated carbocycles. The van der Waals surface area contributed by atoms with Crippen molar-refractivity contribution in [3.05, 3.63) is 35.1 Å². The summed E-state index contributed by atoms with van der Waals surface area (Å²) >= 11 is 0. The van der Waals surface area contributed by atoms with E-state index in [4.69, 9.17) is 5.73 Å². The second kappa shape index (κ2) is 7.21. The van der Waals surface area contributed by atoms with E-state index in [1.54, 1.807) is 0 Å². The summed E-state index contributed by atoms with van der Waals surface area (Å²) in [6, 6.07) is 1.11. The van der Waals surface area contributed by atoms with Crippen molar-refractivity contribution < 1.29 is 31.9 Å². The van der Waals surface area contributed by atoms with Gasteiger partial charge in [0.05, 0.1) is 31.7 Å². The number of ether oxygens (including phenoxy) is 1. The van der Waals surface area contributed by atoms with Crippen LogP contribution in [0.1, 0.15) is 23.6 Å². The molecular formula is C13H14F4N2O3. The van der Waals surface area contributed by atoms with Gasteiger partial charge in [0.15, 0.2) is 0 Å². The Hall–Kier alpha value is -2.16. The van der Waals surface area contributed by atoms with Crippen molar-refractivity contribution in [1.82, 2.24) is 5.32 Å². The molecule has 0 unspecified atom stereocenters. The molecule has 0 aromatic heterocycles. The normalized spacial score (nSPS) is 12.6. The number of hydrogen-bond acceptors (Lipinski definition) is 4.